The summed E-state index contributed by atoms with van der Waals surface area (Å²) < 4.78 is 1.28. The molecule has 0 atom stereocenters. The smallest absolute Gasteiger partial charge is 0.320 e. The van der Waals surface area contributed by atoms with Crippen LogP contribution < -0.4 is 5.32 Å². The number of nitro groups is 1. The van der Waals surface area contributed by atoms with Crippen LogP contribution >= 0.6 is 23.2 Å². The second kappa shape index (κ2) is 5.71. The van der Waals surface area contributed by atoms with Crippen molar-refractivity contribution >= 4 is 40.5 Å². The number of carbonyl (C=O) groups excluding carboxylic acids is 1. The third kappa shape index (κ3) is 2.98. The zero-order valence-electron chi connectivity index (χ0n) is 11.1. The number of halogens is 2. The molecule has 0 fully saturated rings. The molecule has 21 heavy (non-hydrogen) atoms. The molecular formula is C12H10Cl2N4O3. The second-order valence-electron chi connectivity index (χ2n) is 4.25. The molecule has 1 amide bonds. The van der Waals surface area contributed by atoms with Gasteiger partial charge in [-0.15, -0.1) is 0 Å². The normalized spacial score (nSPS) is 10.5. The van der Waals surface area contributed by atoms with E-state index in [0.29, 0.717) is 16.4 Å². The number of amides is 1. The molecule has 110 valence electrons. The van der Waals surface area contributed by atoms with E-state index in [0.717, 1.165) is 0 Å². The average molecular weight is 329 g/mol. The van der Waals surface area contributed by atoms with Crippen molar-refractivity contribution in [2.24, 2.45) is 7.05 Å². The molecule has 2 rings (SSSR count). The van der Waals surface area contributed by atoms with Crippen LogP contribution in [0.15, 0.2) is 18.2 Å². The number of anilines is 1. The van der Waals surface area contributed by atoms with Crippen LogP contribution in [0.2, 0.25) is 10.0 Å². The van der Waals surface area contributed by atoms with E-state index >= 15 is 0 Å². The van der Waals surface area contributed by atoms with E-state index in [1.54, 1.807) is 0 Å². The number of benzene rings is 1. The summed E-state index contributed by atoms with van der Waals surface area (Å²) in [5, 5.41) is 18.0. The Labute approximate surface area is 129 Å². The summed E-state index contributed by atoms with van der Waals surface area (Å²) in [6.45, 7) is 1.51. The van der Waals surface area contributed by atoms with Crippen LogP contribution in [-0.2, 0) is 7.05 Å². The van der Waals surface area contributed by atoms with Gasteiger partial charge in [-0.05, 0) is 25.1 Å². The van der Waals surface area contributed by atoms with Crippen molar-refractivity contribution in [2.45, 2.75) is 6.92 Å². The minimum Gasteiger partial charge on any atom is -0.320 e. The van der Waals surface area contributed by atoms with Gasteiger partial charge in [-0.2, -0.15) is 5.10 Å². The molecule has 0 saturated carbocycles. The Kier molecular flexibility index (Phi) is 4.15. The van der Waals surface area contributed by atoms with E-state index in [2.05, 4.69) is 10.4 Å². The summed E-state index contributed by atoms with van der Waals surface area (Å²) in [5.41, 5.74) is 0.0763. The Balaban J connectivity index is 2.34. The van der Waals surface area contributed by atoms with E-state index in [9.17, 15) is 14.9 Å². The molecule has 1 aromatic carbocycles. The zero-order valence-corrected chi connectivity index (χ0v) is 12.6. The van der Waals surface area contributed by atoms with Gasteiger partial charge in [0.25, 0.3) is 5.91 Å². The number of rotatable bonds is 3. The predicted molar refractivity (Wildman–Crippen MR) is 79.0 cm³/mol. The third-order valence-electron chi connectivity index (χ3n) is 2.88. The summed E-state index contributed by atoms with van der Waals surface area (Å²) in [4.78, 5) is 22.5. The van der Waals surface area contributed by atoms with Crippen molar-refractivity contribution in [3.05, 3.63) is 49.7 Å². The molecule has 0 spiro atoms. The third-order valence-corrected chi connectivity index (χ3v) is 3.62. The first-order chi connectivity index (χ1) is 9.81. The van der Waals surface area contributed by atoms with Gasteiger partial charge in [0.05, 0.1) is 15.0 Å². The maximum Gasteiger partial charge on any atom is 0.322 e. The summed E-state index contributed by atoms with van der Waals surface area (Å²) in [5.74, 6) is -0.691. The highest BCUT2D eigenvalue weighted by Crippen LogP contribution is 2.27. The monoisotopic (exact) mass is 328 g/mol. The lowest BCUT2D eigenvalue weighted by Gasteiger charge is -2.04. The fourth-order valence-electron chi connectivity index (χ4n) is 1.73. The molecule has 1 aromatic heterocycles. The summed E-state index contributed by atoms with van der Waals surface area (Å²) >= 11 is 11.6. The lowest BCUT2D eigenvalue weighted by atomic mass is 10.2. The Hall–Kier alpha value is -2.12. The molecule has 0 radical (unpaired) electrons. The number of aromatic nitrogens is 2. The van der Waals surface area contributed by atoms with Gasteiger partial charge in [-0.1, -0.05) is 23.2 Å². The topological polar surface area (TPSA) is 90.1 Å². The number of aryl methyl sites for hydroxylation is 1. The van der Waals surface area contributed by atoms with Gasteiger partial charge in [-0.3, -0.25) is 19.6 Å². The van der Waals surface area contributed by atoms with E-state index in [4.69, 9.17) is 23.2 Å². The van der Waals surface area contributed by atoms with Crippen LogP contribution in [0.4, 0.5) is 11.4 Å². The molecule has 0 aliphatic carbocycles. The molecule has 0 unspecified atom stereocenters. The van der Waals surface area contributed by atoms with E-state index in [1.807, 2.05) is 0 Å². The van der Waals surface area contributed by atoms with Gasteiger partial charge in [-0.25, -0.2) is 0 Å². The lowest BCUT2D eigenvalue weighted by Crippen LogP contribution is -2.14. The van der Waals surface area contributed by atoms with Crippen LogP contribution in [0.5, 0.6) is 0 Å². The largest absolute Gasteiger partial charge is 0.322 e. The van der Waals surface area contributed by atoms with Crippen LogP contribution in [0, 0.1) is 17.0 Å². The average Bonchev–Trinajstić information content (AvgIpc) is 2.70. The van der Waals surface area contributed by atoms with Gasteiger partial charge in [0.1, 0.15) is 5.69 Å². The van der Waals surface area contributed by atoms with Crippen molar-refractivity contribution < 1.29 is 9.72 Å². The molecule has 7 nitrogen and oxygen atoms in total. The quantitative estimate of drug-likeness (QED) is 0.691. The highest BCUT2D eigenvalue weighted by atomic mass is 35.5. The summed E-state index contributed by atoms with van der Waals surface area (Å²) in [6.07, 6.45) is 0. The highest BCUT2D eigenvalue weighted by molar-refractivity contribution is 6.42. The van der Waals surface area contributed by atoms with Gasteiger partial charge in [0.2, 0.25) is 5.69 Å². The Morgan fingerprint density at radius 1 is 1.38 bits per heavy atom. The molecule has 0 bridgehead atoms. The minimum absolute atomic E-state index is 0.258. The van der Waals surface area contributed by atoms with Crippen molar-refractivity contribution in [1.82, 2.24) is 9.78 Å². The molecule has 9 heteroatoms. The van der Waals surface area contributed by atoms with E-state index in [1.165, 1.54) is 36.9 Å². The van der Waals surface area contributed by atoms with Crippen LogP contribution in [0.3, 0.4) is 0 Å². The molecule has 1 heterocycles. The number of carbonyl (C=O) groups is 1. The van der Waals surface area contributed by atoms with E-state index < -0.39 is 10.8 Å². The maximum atomic E-state index is 12.1. The SMILES string of the molecule is Cc1c([N+](=O)[O-])c(C(=O)Nc2ccc(Cl)c(Cl)c2)nn1C. The fourth-order valence-corrected chi connectivity index (χ4v) is 2.03. The predicted octanol–water partition coefficient (Wildman–Crippen LogP) is 3.20. The van der Waals surface area contributed by atoms with Crippen molar-refractivity contribution in [3.63, 3.8) is 0 Å². The highest BCUT2D eigenvalue weighted by Gasteiger charge is 2.28. The Morgan fingerprint density at radius 2 is 2.05 bits per heavy atom. The van der Waals surface area contributed by atoms with Crippen molar-refractivity contribution in [3.8, 4) is 0 Å². The van der Waals surface area contributed by atoms with Gasteiger partial charge >= 0.3 is 5.69 Å². The summed E-state index contributed by atoms with van der Waals surface area (Å²) in [6, 6.07) is 4.49. The minimum atomic E-state index is -0.691. The van der Waals surface area contributed by atoms with Crippen LogP contribution in [0.1, 0.15) is 16.2 Å². The van der Waals surface area contributed by atoms with Crippen LogP contribution in [-0.4, -0.2) is 20.6 Å². The van der Waals surface area contributed by atoms with Crippen molar-refractivity contribution in [1.29, 1.82) is 0 Å². The standard InChI is InChI=1S/C12H10Cl2N4O3/c1-6-11(18(20)21)10(16-17(6)2)12(19)15-7-3-4-8(13)9(14)5-7/h3-5H,1-2H3,(H,15,19). The van der Waals surface area contributed by atoms with Gasteiger partial charge < -0.3 is 5.32 Å². The number of nitrogens with one attached hydrogen (secondary N) is 1. The zero-order chi connectivity index (χ0) is 15.7. The molecule has 0 aliphatic heterocycles. The lowest BCUT2D eigenvalue weighted by molar-refractivity contribution is -0.385. The Morgan fingerprint density at radius 3 is 2.62 bits per heavy atom. The molecule has 0 saturated heterocycles. The first-order valence-corrected chi connectivity index (χ1v) is 6.51. The molecule has 1 N–H and O–H groups in total. The molecular weight excluding hydrogens is 319 g/mol. The number of hydrogen-bond acceptors (Lipinski definition) is 4. The number of hydrogen-bond donors (Lipinski definition) is 1. The molecule has 0 aliphatic rings. The van der Waals surface area contributed by atoms with Gasteiger partial charge in [0, 0.05) is 12.7 Å². The first-order valence-electron chi connectivity index (χ1n) is 5.75. The second-order valence-corrected chi connectivity index (χ2v) is 5.06. The fraction of sp³-hybridized carbons (Fsp3) is 0.167. The van der Waals surface area contributed by atoms with Crippen LogP contribution in [0.25, 0.3) is 0 Å². The van der Waals surface area contributed by atoms with E-state index in [-0.39, 0.29) is 16.4 Å². The first kappa shape index (κ1) is 15.3. The van der Waals surface area contributed by atoms with Gasteiger partial charge in [0.15, 0.2) is 0 Å². The Bertz CT molecular complexity index is 742. The van der Waals surface area contributed by atoms with Crippen molar-refractivity contribution in [2.75, 3.05) is 5.32 Å². The molecule has 2 aromatic rings. The number of nitrogens with zero attached hydrogens (tertiary/aromatic N) is 3. The summed E-state index contributed by atoms with van der Waals surface area (Å²) in [7, 11) is 1.53. The maximum absolute atomic E-state index is 12.1.